The highest BCUT2D eigenvalue weighted by Gasteiger charge is 2.22. The van der Waals surface area contributed by atoms with Gasteiger partial charge in [0.15, 0.2) is 0 Å². The Hall–Kier alpha value is -5.02. The molecule has 0 aliphatic carbocycles. The Labute approximate surface area is 218 Å². The van der Waals surface area contributed by atoms with Gasteiger partial charge in [-0.2, -0.15) is 13.7 Å². The van der Waals surface area contributed by atoms with Crippen molar-refractivity contribution in [2.75, 3.05) is 11.9 Å². The highest BCUT2D eigenvalue weighted by molar-refractivity contribution is 7.87. The number of amides is 1. The van der Waals surface area contributed by atoms with Crippen molar-refractivity contribution in [3.05, 3.63) is 99.1 Å². The van der Waals surface area contributed by atoms with E-state index in [-0.39, 0.29) is 28.5 Å². The van der Waals surface area contributed by atoms with E-state index in [0.29, 0.717) is 22.4 Å². The van der Waals surface area contributed by atoms with Crippen molar-refractivity contribution in [1.29, 1.82) is 5.26 Å². The normalized spacial score (nSPS) is 11.2. The summed E-state index contributed by atoms with van der Waals surface area (Å²) in [5.41, 5.74) is 0.793. The monoisotopic (exact) mass is 535 g/mol. The van der Waals surface area contributed by atoms with Gasteiger partial charge in [0.05, 0.1) is 17.1 Å². The van der Waals surface area contributed by atoms with Crippen LogP contribution in [0.4, 0.5) is 11.4 Å². The third kappa shape index (κ3) is 6.80. The molecule has 0 aliphatic rings. The second-order valence-corrected chi connectivity index (χ2v) is 9.28. The molecule has 1 N–H and O–H groups in total. The lowest BCUT2D eigenvalue weighted by molar-refractivity contribution is -0.385. The Morgan fingerprint density at radius 1 is 1.08 bits per heavy atom. The molecular formula is C26H21N3O8S. The van der Waals surface area contributed by atoms with Gasteiger partial charge in [0.1, 0.15) is 22.3 Å². The number of aryl methyl sites for hydroxylation is 1. The number of nitro benzene ring substituents is 1. The Bertz CT molecular complexity index is 1560. The van der Waals surface area contributed by atoms with Crippen molar-refractivity contribution in [2.24, 2.45) is 0 Å². The zero-order chi connectivity index (χ0) is 27.9. The summed E-state index contributed by atoms with van der Waals surface area (Å²) in [6.07, 6.45) is 1.30. The maximum Gasteiger partial charge on any atom is 0.339 e. The molecule has 0 radical (unpaired) electrons. The number of carbonyl (C=O) groups is 2. The minimum atomic E-state index is -4.35. The highest BCUT2D eigenvalue weighted by Crippen LogP contribution is 2.25. The van der Waals surface area contributed by atoms with E-state index < -0.39 is 26.9 Å². The van der Waals surface area contributed by atoms with E-state index in [9.17, 15) is 33.4 Å². The van der Waals surface area contributed by atoms with E-state index in [4.69, 9.17) is 8.92 Å². The van der Waals surface area contributed by atoms with Crippen molar-refractivity contribution in [1.82, 2.24) is 0 Å². The number of hydrogen-bond donors (Lipinski definition) is 1. The summed E-state index contributed by atoms with van der Waals surface area (Å²) in [5.74, 6) is -1.27. The molecule has 3 aromatic rings. The molecular weight excluding hydrogens is 514 g/mol. The SMILES string of the molecule is CCOC(=O)c1ccc(NC(=O)/C(C#N)=C/c2ccc(OS(=O)(=O)c3ccc(C)c([N+](=O)[O-])c3)cc2)cc1. The Morgan fingerprint density at radius 3 is 2.32 bits per heavy atom. The van der Waals surface area contributed by atoms with Gasteiger partial charge in [-0.05, 0) is 68.0 Å². The maximum atomic E-state index is 12.6. The second kappa shape index (κ2) is 11.8. The number of rotatable bonds is 9. The number of hydrogen-bond acceptors (Lipinski definition) is 9. The fourth-order valence-corrected chi connectivity index (χ4v) is 4.10. The molecule has 12 heteroatoms. The van der Waals surface area contributed by atoms with Gasteiger partial charge in [-0.1, -0.05) is 18.2 Å². The van der Waals surface area contributed by atoms with E-state index in [2.05, 4.69) is 5.32 Å². The summed E-state index contributed by atoms with van der Waals surface area (Å²) in [6, 6.07) is 16.7. The molecule has 194 valence electrons. The number of benzene rings is 3. The Balaban J connectivity index is 1.71. The fourth-order valence-electron chi connectivity index (χ4n) is 3.15. The first-order valence-electron chi connectivity index (χ1n) is 11.0. The number of esters is 1. The van der Waals surface area contributed by atoms with Crippen molar-refractivity contribution < 1.29 is 31.9 Å². The van der Waals surface area contributed by atoms with E-state index in [1.54, 1.807) is 13.0 Å². The zero-order valence-corrected chi connectivity index (χ0v) is 21.0. The van der Waals surface area contributed by atoms with Gasteiger partial charge in [0.2, 0.25) is 0 Å². The van der Waals surface area contributed by atoms with E-state index in [0.717, 1.165) is 6.07 Å². The number of nitrogens with one attached hydrogen (secondary N) is 1. The van der Waals surface area contributed by atoms with Crippen LogP contribution in [0.25, 0.3) is 6.08 Å². The van der Waals surface area contributed by atoms with E-state index in [1.165, 1.54) is 73.7 Å². The third-order valence-electron chi connectivity index (χ3n) is 5.08. The molecule has 0 unspecified atom stereocenters. The second-order valence-electron chi connectivity index (χ2n) is 7.73. The first-order valence-corrected chi connectivity index (χ1v) is 12.4. The summed E-state index contributed by atoms with van der Waals surface area (Å²) in [5, 5.41) is 23.1. The molecule has 0 aliphatic heterocycles. The summed E-state index contributed by atoms with van der Waals surface area (Å²) >= 11 is 0. The average Bonchev–Trinajstić information content (AvgIpc) is 2.88. The van der Waals surface area contributed by atoms with Crippen LogP contribution in [-0.2, 0) is 19.6 Å². The number of anilines is 1. The van der Waals surface area contributed by atoms with Gasteiger partial charge in [-0.15, -0.1) is 0 Å². The summed E-state index contributed by atoms with van der Waals surface area (Å²) in [7, 11) is -4.35. The molecule has 38 heavy (non-hydrogen) atoms. The van der Waals surface area contributed by atoms with Crippen molar-refractivity contribution >= 4 is 39.4 Å². The van der Waals surface area contributed by atoms with Crippen LogP contribution in [0.1, 0.15) is 28.4 Å². The topological polar surface area (TPSA) is 166 Å². The first-order chi connectivity index (χ1) is 18.0. The molecule has 0 spiro atoms. The van der Waals surface area contributed by atoms with Crippen LogP contribution in [0.2, 0.25) is 0 Å². The molecule has 0 atom stereocenters. The Morgan fingerprint density at radius 2 is 1.74 bits per heavy atom. The first kappa shape index (κ1) is 27.6. The maximum absolute atomic E-state index is 12.6. The molecule has 0 aromatic heterocycles. The number of nitro groups is 1. The average molecular weight is 536 g/mol. The number of nitriles is 1. The lowest BCUT2D eigenvalue weighted by Crippen LogP contribution is -2.13. The fraction of sp³-hybridized carbons (Fsp3) is 0.115. The predicted molar refractivity (Wildman–Crippen MR) is 137 cm³/mol. The highest BCUT2D eigenvalue weighted by atomic mass is 32.2. The van der Waals surface area contributed by atoms with Crippen molar-refractivity contribution in [2.45, 2.75) is 18.7 Å². The quantitative estimate of drug-likeness (QED) is 0.104. The lowest BCUT2D eigenvalue weighted by Gasteiger charge is -2.08. The smallest absolute Gasteiger partial charge is 0.339 e. The van der Waals surface area contributed by atoms with Crippen LogP contribution in [0.3, 0.4) is 0 Å². The van der Waals surface area contributed by atoms with Crippen LogP contribution >= 0.6 is 0 Å². The molecule has 3 aromatic carbocycles. The van der Waals surface area contributed by atoms with Gasteiger partial charge in [-0.3, -0.25) is 14.9 Å². The molecule has 0 saturated heterocycles. The molecule has 1 amide bonds. The third-order valence-corrected chi connectivity index (χ3v) is 6.33. The van der Waals surface area contributed by atoms with Crippen molar-refractivity contribution in [3.8, 4) is 11.8 Å². The number of nitrogens with zero attached hydrogens (tertiary/aromatic N) is 2. The van der Waals surface area contributed by atoms with Gasteiger partial charge in [0, 0.05) is 17.3 Å². The molecule has 3 rings (SSSR count). The summed E-state index contributed by atoms with van der Waals surface area (Å²) < 4.78 is 35.1. The van der Waals surface area contributed by atoms with E-state index in [1.807, 2.05) is 0 Å². The lowest BCUT2D eigenvalue weighted by atomic mass is 10.1. The molecule has 0 bridgehead atoms. The Kier molecular flexibility index (Phi) is 8.57. The molecule has 0 heterocycles. The molecule has 11 nitrogen and oxygen atoms in total. The molecule has 0 fully saturated rings. The van der Waals surface area contributed by atoms with Gasteiger partial charge >= 0.3 is 16.1 Å². The van der Waals surface area contributed by atoms with Crippen LogP contribution in [0, 0.1) is 28.4 Å². The van der Waals surface area contributed by atoms with Crippen LogP contribution in [0.15, 0.2) is 77.2 Å². The number of ether oxygens (including phenoxy) is 1. The van der Waals surface area contributed by atoms with Gasteiger partial charge in [0.25, 0.3) is 11.6 Å². The van der Waals surface area contributed by atoms with Gasteiger partial charge in [-0.25, -0.2) is 4.79 Å². The predicted octanol–water partition coefficient (Wildman–Crippen LogP) is 4.39. The van der Waals surface area contributed by atoms with Gasteiger partial charge < -0.3 is 14.2 Å². The van der Waals surface area contributed by atoms with E-state index >= 15 is 0 Å². The minimum Gasteiger partial charge on any atom is -0.462 e. The standard InChI is InChI=1S/C26H21N3O8S/c1-3-36-26(31)19-7-9-21(10-8-19)28-25(30)20(16-27)14-18-5-11-22(12-6-18)37-38(34,35)23-13-4-17(2)24(15-23)29(32)33/h4-15H,3H2,1-2H3,(H,28,30)/b20-14+. The zero-order valence-electron chi connectivity index (χ0n) is 20.2. The van der Waals surface area contributed by atoms with Crippen LogP contribution in [-0.4, -0.2) is 31.8 Å². The van der Waals surface area contributed by atoms with Crippen LogP contribution in [0.5, 0.6) is 5.75 Å². The largest absolute Gasteiger partial charge is 0.462 e. The summed E-state index contributed by atoms with van der Waals surface area (Å²) in [4.78, 5) is 34.3. The van der Waals surface area contributed by atoms with Crippen LogP contribution < -0.4 is 9.50 Å². The number of carbonyl (C=O) groups excluding carboxylic acids is 2. The minimum absolute atomic E-state index is 0.0740. The molecule has 0 saturated carbocycles. The summed E-state index contributed by atoms with van der Waals surface area (Å²) in [6.45, 7) is 3.40. The van der Waals surface area contributed by atoms with Crippen molar-refractivity contribution in [3.63, 3.8) is 0 Å².